The normalized spacial score (nSPS) is 16.4. The zero-order valence-corrected chi connectivity index (χ0v) is 18.7. The van der Waals surface area contributed by atoms with Gasteiger partial charge in [0.15, 0.2) is 0 Å². The molecule has 1 aliphatic rings. The molecule has 5 heteroatoms. The number of unbranched alkanes of at least 4 members (excludes halogenated alkanes) is 2. The van der Waals surface area contributed by atoms with Crippen LogP contribution in [0.2, 0.25) is 0 Å². The van der Waals surface area contributed by atoms with Crippen molar-refractivity contribution in [2.24, 2.45) is 0 Å². The lowest BCUT2D eigenvalue weighted by Crippen LogP contribution is -2.26. The van der Waals surface area contributed by atoms with E-state index in [9.17, 15) is 4.79 Å². The molecule has 1 aliphatic heterocycles. The van der Waals surface area contributed by atoms with Crippen LogP contribution in [0.1, 0.15) is 56.3 Å². The van der Waals surface area contributed by atoms with Gasteiger partial charge >= 0.3 is 0 Å². The number of benzene rings is 2. The second kappa shape index (κ2) is 9.99. The van der Waals surface area contributed by atoms with Gasteiger partial charge in [-0.3, -0.25) is 4.79 Å². The highest BCUT2D eigenvalue weighted by atomic mass is 16.5. The molecule has 3 aromatic rings. The molecule has 0 spiro atoms. The number of rotatable bonds is 10. The van der Waals surface area contributed by atoms with Crippen LogP contribution in [0.25, 0.3) is 11.0 Å². The summed E-state index contributed by atoms with van der Waals surface area (Å²) in [6, 6.07) is 16.5. The Bertz CT molecular complexity index is 1030. The quantitative estimate of drug-likeness (QED) is 0.418. The van der Waals surface area contributed by atoms with Gasteiger partial charge in [-0.25, -0.2) is 4.98 Å². The lowest BCUT2D eigenvalue weighted by molar-refractivity contribution is -0.127. The molecule has 1 atom stereocenters. The number of aromatic nitrogens is 2. The van der Waals surface area contributed by atoms with E-state index in [4.69, 9.17) is 9.72 Å². The Kier molecular flexibility index (Phi) is 6.90. The number of imidazole rings is 1. The van der Waals surface area contributed by atoms with Gasteiger partial charge in [0.05, 0.1) is 17.6 Å². The summed E-state index contributed by atoms with van der Waals surface area (Å²) in [4.78, 5) is 19.5. The third-order valence-corrected chi connectivity index (χ3v) is 6.17. The Hall–Kier alpha value is -2.82. The summed E-state index contributed by atoms with van der Waals surface area (Å²) in [7, 11) is 0. The van der Waals surface area contributed by atoms with Crippen LogP contribution < -0.4 is 4.74 Å². The minimum atomic E-state index is 0.181. The molecule has 0 unspecified atom stereocenters. The van der Waals surface area contributed by atoms with Gasteiger partial charge in [-0.15, -0.1) is 0 Å². The van der Waals surface area contributed by atoms with Gasteiger partial charge in [0.2, 0.25) is 5.91 Å². The first-order valence-corrected chi connectivity index (χ1v) is 11.6. The Morgan fingerprint density at radius 2 is 1.84 bits per heavy atom. The number of aryl methyl sites for hydroxylation is 2. The summed E-state index contributed by atoms with van der Waals surface area (Å²) in [6.07, 6.45) is 4.74. The number of carbonyl (C=O) groups is 1. The molecule has 1 saturated heterocycles. The molecule has 0 N–H and O–H groups in total. The maximum atomic E-state index is 12.5. The van der Waals surface area contributed by atoms with Crippen molar-refractivity contribution in [3.8, 4) is 5.75 Å². The fraction of sp³-hybridized carbons (Fsp3) is 0.462. The maximum absolute atomic E-state index is 12.5. The molecule has 0 saturated carbocycles. The molecule has 1 aromatic heterocycles. The monoisotopic (exact) mass is 419 g/mol. The van der Waals surface area contributed by atoms with E-state index in [2.05, 4.69) is 42.7 Å². The summed E-state index contributed by atoms with van der Waals surface area (Å²) in [5.41, 5.74) is 3.36. The van der Waals surface area contributed by atoms with Crippen LogP contribution in [0.3, 0.4) is 0 Å². The number of ether oxygens (including phenoxy) is 1. The third kappa shape index (κ3) is 4.92. The first-order valence-electron chi connectivity index (χ1n) is 11.6. The summed E-state index contributed by atoms with van der Waals surface area (Å²) in [6.45, 7) is 7.50. The lowest BCUT2D eigenvalue weighted by Gasteiger charge is -2.17. The van der Waals surface area contributed by atoms with Crippen molar-refractivity contribution >= 4 is 16.9 Å². The summed E-state index contributed by atoms with van der Waals surface area (Å²) < 4.78 is 8.30. The van der Waals surface area contributed by atoms with E-state index in [0.29, 0.717) is 13.0 Å². The van der Waals surface area contributed by atoms with Crippen LogP contribution >= 0.6 is 0 Å². The molecule has 0 bridgehead atoms. The fourth-order valence-corrected chi connectivity index (χ4v) is 4.42. The topological polar surface area (TPSA) is 47.4 Å². The molecular weight excluding hydrogens is 386 g/mol. The number of hydrogen-bond acceptors (Lipinski definition) is 3. The first kappa shape index (κ1) is 21.4. The van der Waals surface area contributed by atoms with Crippen molar-refractivity contribution in [1.29, 1.82) is 0 Å². The van der Waals surface area contributed by atoms with E-state index in [0.717, 1.165) is 67.9 Å². The highest BCUT2D eigenvalue weighted by Gasteiger charge is 2.33. The third-order valence-electron chi connectivity index (χ3n) is 6.17. The standard InChI is InChI=1S/C26H33N3O2/c1-3-4-15-28-19-21(18-25(28)30)26-27-22-12-6-7-13-23(22)29(26)16-9-10-17-31-24-14-8-5-11-20(24)2/h5-8,11-14,21H,3-4,9-10,15-19H2,1-2H3/t21-/m1/s1. The number of carbonyl (C=O) groups excluding carboxylic acids is 1. The van der Waals surface area contributed by atoms with E-state index >= 15 is 0 Å². The number of para-hydroxylation sites is 3. The van der Waals surface area contributed by atoms with Gasteiger partial charge < -0.3 is 14.2 Å². The van der Waals surface area contributed by atoms with Gasteiger partial charge in [-0.1, -0.05) is 43.7 Å². The lowest BCUT2D eigenvalue weighted by atomic mass is 10.1. The minimum absolute atomic E-state index is 0.181. The largest absolute Gasteiger partial charge is 0.493 e. The maximum Gasteiger partial charge on any atom is 0.223 e. The predicted octanol–water partition coefficient (Wildman–Crippen LogP) is 5.32. The Morgan fingerprint density at radius 1 is 1.03 bits per heavy atom. The number of hydrogen-bond donors (Lipinski definition) is 0. The predicted molar refractivity (Wildman–Crippen MR) is 124 cm³/mol. The van der Waals surface area contributed by atoms with E-state index in [1.165, 1.54) is 5.56 Å². The molecule has 0 aliphatic carbocycles. The van der Waals surface area contributed by atoms with Gasteiger partial charge in [0.1, 0.15) is 11.6 Å². The van der Waals surface area contributed by atoms with E-state index in [-0.39, 0.29) is 11.8 Å². The SMILES string of the molecule is CCCCN1C[C@H](c2nc3ccccc3n2CCCCOc2ccccc2C)CC1=O. The Balaban J connectivity index is 1.42. The molecule has 1 amide bonds. The zero-order chi connectivity index (χ0) is 21.6. The van der Waals surface area contributed by atoms with E-state index in [1.807, 2.05) is 29.2 Å². The summed E-state index contributed by atoms with van der Waals surface area (Å²) in [5.74, 6) is 2.48. The van der Waals surface area contributed by atoms with E-state index in [1.54, 1.807) is 0 Å². The highest BCUT2D eigenvalue weighted by Crippen LogP contribution is 2.31. The minimum Gasteiger partial charge on any atom is -0.493 e. The summed E-state index contributed by atoms with van der Waals surface area (Å²) >= 11 is 0. The zero-order valence-electron chi connectivity index (χ0n) is 18.7. The van der Waals surface area contributed by atoms with Crippen molar-refractivity contribution in [1.82, 2.24) is 14.5 Å². The molecule has 164 valence electrons. The molecule has 2 aromatic carbocycles. The van der Waals surface area contributed by atoms with Crippen molar-refractivity contribution in [2.75, 3.05) is 19.7 Å². The van der Waals surface area contributed by atoms with Crippen molar-refractivity contribution < 1.29 is 9.53 Å². The fourth-order valence-electron chi connectivity index (χ4n) is 4.42. The van der Waals surface area contributed by atoms with Crippen LogP contribution in [-0.2, 0) is 11.3 Å². The van der Waals surface area contributed by atoms with E-state index < -0.39 is 0 Å². The van der Waals surface area contributed by atoms with Crippen LogP contribution in [0.15, 0.2) is 48.5 Å². The molecule has 0 radical (unpaired) electrons. The van der Waals surface area contributed by atoms with Crippen LogP contribution in [0.4, 0.5) is 0 Å². The van der Waals surface area contributed by atoms with Crippen LogP contribution in [0, 0.1) is 6.92 Å². The first-order chi connectivity index (χ1) is 15.2. The van der Waals surface area contributed by atoms with Gasteiger partial charge in [0, 0.05) is 32.0 Å². The number of fused-ring (bicyclic) bond motifs is 1. The number of amides is 1. The second-order valence-corrected chi connectivity index (χ2v) is 8.53. The molecule has 4 rings (SSSR count). The Morgan fingerprint density at radius 3 is 2.68 bits per heavy atom. The number of likely N-dealkylation sites (tertiary alicyclic amines) is 1. The molecule has 31 heavy (non-hydrogen) atoms. The molecule has 5 nitrogen and oxygen atoms in total. The van der Waals surface area contributed by atoms with Gasteiger partial charge in [-0.05, 0) is 49.9 Å². The molecule has 2 heterocycles. The smallest absolute Gasteiger partial charge is 0.223 e. The van der Waals surface area contributed by atoms with Crippen molar-refractivity contribution in [3.63, 3.8) is 0 Å². The van der Waals surface area contributed by atoms with Crippen molar-refractivity contribution in [3.05, 3.63) is 59.9 Å². The highest BCUT2D eigenvalue weighted by molar-refractivity contribution is 5.80. The van der Waals surface area contributed by atoms with Gasteiger partial charge in [0.25, 0.3) is 0 Å². The van der Waals surface area contributed by atoms with Crippen molar-refractivity contribution in [2.45, 2.75) is 58.4 Å². The molecular formula is C26H33N3O2. The summed E-state index contributed by atoms with van der Waals surface area (Å²) in [5, 5.41) is 0. The van der Waals surface area contributed by atoms with Crippen LogP contribution in [0.5, 0.6) is 5.75 Å². The molecule has 1 fully saturated rings. The van der Waals surface area contributed by atoms with Gasteiger partial charge in [-0.2, -0.15) is 0 Å². The van der Waals surface area contributed by atoms with Crippen LogP contribution in [-0.4, -0.2) is 40.1 Å². The number of nitrogens with zero attached hydrogens (tertiary/aromatic N) is 3. The Labute approximate surface area is 185 Å². The second-order valence-electron chi connectivity index (χ2n) is 8.53. The average molecular weight is 420 g/mol. The average Bonchev–Trinajstić information content (AvgIpc) is 3.33.